The molecule has 1 fully saturated rings. The highest BCUT2D eigenvalue weighted by Gasteiger charge is 2.27. The summed E-state index contributed by atoms with van der Waals surface area (Å²) in [5.74, 6) is 0.192. The highest BCUT2D eigenvalue weighted by Crippen LogP contribution is 2.29. The second kappa shape index (κ2) is 7.47. The molecule has 0 aromatic carbocycles. The van der Waals surface area contributed by atoms with E-state index in [1.165, 1.54) is 23.5 Å². The van der Waals surface area contributed by atoms with E-state index in [9.17, 15) is 9.59 Å². The zero-order chi connectivity index (χ0) is 15.4. The number of amides is 2. The summed E-state index contributed by atoms with van der Waals surface area (Å²) in [6.45, 7) is 2.07. The smallest absolute Gasteiger partial charge is 0.248 e. The molecule has 1 N–H and O–H groups in total. The normalized spacial score (nSPS) is 24.6. The third-order valence-corrected chi connectivity index (χ3v) is 5.54. The van der Waals surface area contributed by atoms with Gasteiger partial charge in [-0.1, -0.05) is 11.8 Å². The third kappa shape index (κ3) is 4.23. The molecule has 1 atom stereocenters. The van der Waals surface area contributed by atoms with Crippen LogP contribution in [-0.2, 0) is 14.3 Å². The molecule has 0 spiro atoms. The molecule has 7 nitrogen and oxygen atoms in total. The van der Waals surface area contributed by atoms with E-state index in [-0.39, 0.29) is 17.9 Å². The number of nitrogens with one attached hydrogen (secondary N) is 1. The molecule has 3 heterocycles. The van der Waals surface area contributed by atoms with E-state index >= 15 is 0 Å². The maximum atomic E-state index is 11.8. The van der Waals surface area contributed by atoms with E-state index in [4.69, 9.17) is 4.74 Å². The van der Waals surface area contributed by atoms with Gasteiger partial charge in [0.1, 0.15) is 0 Å². The van der Waals surface area contributed by atoms with Gasteiger partial charge in [-0.05, 0) is 31.0 Å². The van der Waals surface area contributed by atoms with E-state index < -0.39 is 0 Å². The van der Waals surface area contributed by atoms with Gasteiger partial charge in [0.25, 0.3) is 0 Å². The van der Waals surface area contributed by atoms with Gasteiger partial charge >= 0.3 is 0 Å². The van der Waals surface area contributed by atoms with Crippen molar-refractivity contribution in [3.8, 4) is 0 Å². The number of ether oxygens (including phenoxy) is 1. The summed E-state index contributed by atoms with van der Waals surface area (Å²) in [6.07, 6.45) is 3.48. The van der Waals surface area contributed by atoms with Gasteiger partial charge < -0.3 is 10.1 Å². The SMILES string of the molecule is O=C1CCCN2N=C(SCC(=O)NCC3CCCO3)SC2=N1. The van der Waals surface area contributed by atoms with E-state index in [1.807, 2.05) is 0 Å². The first kappa shape index (κ1) is 15.8. The van der Waals surface area contributed by atoms with Gasteiger partial charge in [-0.15, -0.1) is 0 Å². The van der Waals surface area contributed by atoms with Crippen LogP contribution in [-0.4, -0.2) is 57.9 Å². The zero-order valence-electron chi connectivity index (χ0n) is 12.1. The number of carbonyl (C=O) groups is 2. The van der Waals surface area contributed by atoms with Crippen LogP contribution >= 0.6 is 23.5 Å². The molecule has 3 aliphatic rings. The van der Waals surface area contributed by atoms with Crippen molar-refractivity contribution in [2.45, 2.75) is 31.8 Å². The number of hydrogen-bond donors (Lipinski definition) is 1. The number of aliphatic imine (C=N–C) groups is 1. The number of hydrogen-bond acceptors (Lipinski definition) is 7. The molecule has 0 aromatic heterocycles. The second-order valence-electron chi connectivity index (χ2n) is 5.21. The van der Waals surface area contributed by atoms with Gasteiger partial charge in [-0.25, -0.2) is 5.01 Å². The number of fused-ring (bicyclic) bond motifs is 1. The van der Waals surface area contributed by atoms with Crippen LogP contribution in [0.3, 0.4) is 0 Å². The summed E-state index contributed by atoms with van der Waals surface area (Å²) in [5, 5.41) is 9.67. The molecule has 1 saturated heterocycles. The Balaban J connectivity index is 1.42. The molecule has 0 saturated carbocycles. The van der Waals surface area contributed by atoms with Gasteiger partial charge in [0.2, 0.25) is 11.8 Å². The number of nitrogens with zero attached hydrogens (tertiary/aromatic N) is 3. The molecule has 120 valence electrons. The topological polar surface area (TPSA) is 83.4 Å². The molecule has 0 aromatic rings. The maximum absolute atomic E-state index is 11.8. The lowest BCUT2D eigenvalue weighted by Crippen LogP contribution is -2.33. The first-order valence-corrected chi connectivity index (χ1v) is 9.17. The Labute approximate surface area is 137 Å². The molecule has 22 heavy (non-hydrogen) atoms. The summed E-state index contributed by atoms with van der Waals surface area (Å²) in [7, 11) is 0. The summed E-state index contributed by atoms with van der Waals surface area (Å²) < 4.78 is 6.23. The Morgan fingerprint density at radius 3 is 3.23 bits per heavy atom. The Hall–Kier alpha value is -1.06. The predicted octanol–water partition coefficient (Wildman–Crippen LogP) is 1.01. The summed E-state index contributed by atoms with van der Waals surface area (Å²) in [5.41, 5.74) is 0. The van der Waals surface area contributed by atoms with Crippen molar-refractivity contribution in [3.05, 3.63) is 0 Å². The number of amidine groups is 1. The lowest BCUT2D eigenvalue weighted by atomic mass is 10.2. The van der Waals surface area contributed by atoms with Crippen molar-refractivity contribution in [3.63, 3.8) is 0 Å². The molecule has 2 amide bonds. The van der Waals surface area contributed by atoms with Crippen LogP contribution in [0.15, 0.2) is 10.1 Å². The lowest BCUT2D eigenvalue weighted by Gasteiger charge is -2.10. The molecule has 0 radical (unpaired) electrons. The number of thioether (sulfide) groups is 2. The van der Waals surface area contributed by atoms with Crippen molar-refractivity contribution in [1.29, 1.82) is 0 Å². The zero-order valence-corrected chi connectivity index (χ0v) is 13.8. The molecule has 0 bridgehead atoms. The van der Waals surface area contributed by atoms with Crippen molar-refractivity contribution in [2.24, 2.45) is 10.1 Å². The van der Waals surface area contributed by atoms with E-state index in [0.29, 0.717) is 30.4 Å². The molecule has 9 heteroatoms. The highest BCUT2D eigenvalue weighted by molar-refractivity contribution is 8.45. The molecular formula is C13H18N4O3S2. The monoisotopic (exact) mass is 342 g/mol. The van der Waals surface area contributed by atoms with Gasteiger partial charge in [0, 0.05) is 26.1 Å². The lowest BCUT2D eigenvalue weighted by molar-refractivity contribution is -0.119. The van der Waals surface area contributed by atoms with Crippen LogP contribution in [0.4, 0.5) is 0 Å². The van der Waals surface area contributed by atoms with Gasteiger partial charge in [-0.3, -0.25) is 9.59 Å². The predicted molar refractivity (Wildman–Crippen MR) is 87.8 cm³/mol. The Kier molecular flexibility index (Phi) is 5.37. The molecule has 3 rings (SSSR count). The molecular weight excluding hydrogens is 324 g/mol. The largest absolute Gasteiger partial charge is 0.376 e. The average molecular weight is 342 g/mol. The fourth-order valence-corrected chi connectivity index (χ4v) is 4.16. The molecule has 3 aliphatic heterocycles. The van der Waals surface area contributed by atoms with Crippen LogP contribution in [0.1, 0.15) is 25.7 Å². The molecule has 1 unspecified atom stereocenters. The first-order valence-electron chi connectivity index (χ1n) is 7.37. The van der Waals surface area contributed by atoms with Crippen LogP contribution in [0.5, 0.6) is 0 Å². The van der Waals surface area contributed by atoms with Gasteiger partial charge in [0.05, 0.1) is 11.9 Å². The van der Waals surface area contributed by atoms with E-state index in [2.05, 4.69) is 15.4 Å². The highest BCUT2D eigenvalue weighted by atomic mass is 32.2. The van der Waals surface area contributed by atoms with Crippen LogP contribution < -0.4 is 5.32 Å². The summed E-state index contributed by atoms with van der Waals surface area (Å²) in [6, 6.07) is 0. The minimum atomic E-state index is -0.0965. The quantitative estimate of drug-likeness (QED) is 0.821. The van der Waals surface area contributed by atoms with Crippen molar-refractivity contribution in [1.82, 2.24) is 10.3 Å². The first-order chi connectivity index (χ1) is 10.7. The average Bonchev–Trinajstić information content (AvgIpc) is 3.10. The number of carbonyl (C=O) groups excluding carboxylic acids is 2. The van der Waals surface area contributed by atoms with Crippen LogP contribution in [0.2, 0.25) is 0 Å². The fraction of sp³-hybridized carbons (Fsp3) is 0.692. The van der Waals surface area contributed by atoms with Crippen molar-refractivity contribution in [2.75, 3.05) is 25.4 Å². The van der Waals surface area contributed by atoms with Crippen molar-refractivity contribution >= 4 is 44.9 Å². The van der Waals surface area contributed by atoms with Crippen LogP contribution in [0.25, 0.3) is 0 Å². The summed E-state index contributed by atoms with van der Waals surface area (Å²) in [4.78, 5) is 27.3. The van der Waals surface area contributed by atoms with E-state index in [0.717, 1.165) is 30.2 Å². The van der Waals surface area contributed by atoms with Crippen molar-refractivity contribution < 1.29 is 14.3 Å². The molecule has 0 aliphatic carbocycles. The standard InChI is InChI=1S/C13H18N4O3S2/c18-10-4-1-5-17-12(15-10)22-13(16-17)21-8-11(19)14-7-9-3-2-6-20-9/h9H,1-8H2,(H,14,19). The third-order valence-electron chi connectivity index (χ3n) is 3.46. The minimum absolute atomic E-state index is 0.0242. The fourth-order valence-electron chi connectivity index (χ4n) is 2.33. The van der Waals surface area contributed by atoms with E-state index in [1.54, 1.807) is 5.01 Å². The van der Waals surface area contributed by atoms with Crippen LogP contribution in [0, 0.1) is 0 Å². The Morgan fingerprint density at radius 1 is 1.50 bits per heavy atom. The Bertz CT molecular complexity index is 517. The van der Waals surface area contributed by atoms with Gasteiger partial charge in [0.15, 0.2) is 9.54 Å². The summed E-state index contributed by atoms with van der Waals surface area (Å²) >= 11 is 2.74. The second-order valence-corrected chi connectivity index (χ2v) is 7.39. The Morgan fingerprint density at radius 2 is 2.41 bits per heavy atom. The number of rotatable bonds is 4. The maximum Gasteiger partial charge on any atom is 0.248 e. The minimum Gasteiger partial charge on any atom is -0.376 e. The van der Waals surface area contributed by atoms with Gasteiger partial charge in [-0.2, -0.15) is 10.1 Å². The number of hydrazone groups is 1.